The number of nitrogens with zero attached hydrogens (tertiary/aromatic N) is 2. The van der Waals surface area contributed by atoms with E-state index in [9.17, 15) is 17.2 Å². The number of sulfonamides is 1. The third kappa shape index (κ3) is 3.07. The highest BCUT2D eigenvalue weighted by atomic mass is 35.5. The van der Waals surface area contributed by atoms with Crippen molar-refractivity contribution in [2.24, 2.45) is 0 Å². The van der Waals surface area contributed by atoms with E-state index in [-0.39, 0.29) is 17.4 Å². The van der Waals surface area contributed by atoms with Gasteiger partial charge in [-0.1, -0.05) is 17.7 Å². The summed E-state index contributed by atoms with van der Waals surface area (Å²) in [7, 11) is -4.15. The van der Waals surface area contributed by atoms with E-state index in [4.69, 9.17) is 11.6 Å². The second kappa shape index (κ2) is 5.76. The maximum absolute atomic E-state index is 13.7. The van der Waals surface area contributed by atoms with Crippen LogP contribution in [-0.2, 0) is 16.6 Å². The molecule has 108 valence electrons. The minimum absolute atomic E-state index is 0.00720. The van der Waals surface area contributed by atoms with E-state index in [1.165, 1.54) is 29.1 Å². The maximum atomic E-state index is 13.7. The predicted molar refractivity (Wildman–Crippen MR) is 70.4 cm³/mol. The average Bonchev–Trinajstić information content (AvgIpc) is 2.79. The monoisotopic (exact) mass is 321 g/mol. The molecule has 0 radical (unpaired) electrons. The third-order valence-corrected chi connectivity index (χ3v) is 4.06. The second-order valence-corrected chi connectivity index (χ2v) is 5.87. The number of anilines is 1. The lowest BCUT2D eigenvalue weighted by Crippen LogP contribution is -2.15. The van der Waals surface area contributed by atoms with Gasteiger partial charge in [-0.2, -0.15) is 5.10 Å². The Morgan fingerprint density at radius 3 is 2.80 bits per heavy atom. The van der Waals surface area contributed by atoms with Gasteiger partial charge in [0.2, 0.25) is 0 Å². The largest absolute Gasteiger partial charge is 0.268 e. The predicted octanol–water partition coefficient (Wildman–Crippen LogP) is 2.45. The number of nitrogens with one attached hydrogen (secondary N) is 1. The molecule has 9 heteroatoms. The molecule has 2 rings (SSSR count). The fourth-order valence-corrected chi connectivity index (χ4v) is 2.84. The molecular weight excluding hydrogens is 312 g/mol. The zero-order valence-corrected chi connectivity index (χ0v) is 11.6. The van der Waals surface area contributed by atoms with E-state index in [1.54, 1.807) is 0 Å². The van der Waals surface area contributed by atoms with E-state index >= 15 is 0 Å². The van der Waals surface area contributed by atoms with Crippen LogP contribution in [0.2, 0.25) is 5.02 Å². The quantitative estimate of drug-likeness (QED) is 0.920. The summed E-state index contributed by atoms with van der Waals surface area (Å²) in [6.45, 7) is -0.621. The number of aromatic nitrogens is 2. The first-order valence-electron chi connectivity index (χ1n) is 5.50. The lowest BCUT2D eigenvalue weighted by molar-refractivity contribution is 0.428. The molecule has 1 aromatic carbocycles. The van der Waals surface area contributed by atoms with Crippen molar-refractivity contribution < 1.29 is 17.2 Å². The summed E-state index contributed by atoms with van der Waals surface area (Å²) in [5, 5.41) is 3.50. The Labute approximate surface area is 119 Å². The summed E-state index contributed by atoms with van der Waals surface area (Å²) in [6.07, 6.45) is 1.41. The number of hydrogen-bond acceptors (Lipinski definition) is 3. The summed E-state index contributed by atoms with van der Waals surface area (Å²) in [4.78, 5) is -0.579. The van der Waals surface area contributed by atoms with Gasteiger partial charge in [-0.25, -0.2) is 17.2 Å². The number of rotatable bonds is 5. The van der Waals surface area contributed by atoms with Crippen molar-refractivity contribution in [3.63, 3.8) is 0 Å². The van der Waals surface area contributed by atoms with Gasteiger partial charge in [0.05, 0.1) is 11.6 Å². The zero-order chi connectivity index (χ0) is 14.8. The smallest absolute Gasteiger partial charge is 0.266 e. The number of alkyl halides is 1. The number of halogens is 3. The Kier molecular flexibility index (Phi) is 4.24. The highest BCUT2D eigenvalue weighted by Crippen LogP contribution is 2.23. The van der Waals surface area contributed by atoms with Gasteiger partial charge >= 0.3 is 0 Å². The molecule has 0 saturated heterocycles. The van der Waals surface area contributed by atoms with Crippen LogP contribution in [0.25, 0.3) is 0 Å². The Morgan fingerprint density at radius 1 is 1.35 bits per heavy atom. The van der Waals surface area contributed by atoms with Crippen molar-refractivity contribution in [1.82, 2.24) is 9.78 Å². The molecule has 0 aliphatic carbocycles. The molecule has 1 aromatic heterocycles. The third-order valence-electron chi connectivity index (χ3n) is 2.40. The molecule has 2 aromatic rings. The van der Waals surface area contributed by atoms with Gasteiger partial charge in [-0.05, 0) is 12.1 Å². The molecule has 0 amide bonds. The summed E-state index contributed by atoms with van der Waals surface area (Å²) >= 11 is 5.54. The summed E-state index contributed by atoms with van der Waals surface area (Å²) in [5.41, 5.74) is 0. The molecule has 0 aliphatic rings. The van der Waals surface area contributed by atoms with E-state index in [1.807, 2.05) is 0 Å². The lowest BCUT2D eigenvalue weighted by atomic mass is 10.3. The lowest BCUT2D eigenvalue weighted by Gasteiger charge is -2.07. The minimum Gasteiger partial charge on any atom is -0.268 e. The van der Waals surface area contributed by atoms with E-state index < -0.39 is 27.4 Å². The van der Waals surface area contributed by atoms with Crippen molar-refractivity contribution >= 4 is 27.4 Å². The van der Waals surface area contributed by atoms with Crippen LogP contribution in [-0.4, -0.2) is 24.9 Å². The van der Waals surface area contributed by atoms with Gasteiger partial charge in [0.25, 0.3) is 10.0 Å². The van der Waals surface area contributed by atoms with Crippen LogP contribution < -0.4 is 4.72 Å². The van der Waals surface area contributed by atoms with E-state index in [2.05, 4.69) is 9.82 Å². The molecule has 0 aliphatic heterocycles. The minimum atomic E-state index is -4.15. The molecule has 0 spiro atoms. The first-order valence-corrected chi connectivity index (χ1v) is 7.36. The second-order valence-electron chi connectivity index (χ2n) is 3.81. The normalized spacial score (nSPS) is 11.6. The highest BCUT2D eigenvalue weighted by molar-refractivity contribution is 7.92. The van der Waals surface area contributed by atoms with Gasteiger partial charge in [0.1, 0.15) is 11.6 Å². The highest BCUT2D eigenvalue weighted by Gasteiger charge is 2.21. The Bertz CT molecular complexity index is 718. The average molecular weight is 322 g/mol. The van der Waals surface area contributed by atoms with Crippen LogP contribution in [0, 0.1) is 5.82 Å². The van der Waals surface area contributed by atoms with E-state index in [0.717, 1.165) is 6.07 Å². The van der Waals surface area contributed by atoms with Crippen LogP contribution >= 0.6 is 11.6 Å². The summed E-state index contributed by atoms with van der Waals surface area (Å²) in [6, 6.07) is 4.99. The Morgan fingerprint density at radius 2 is 2.10 bits per heavy atom. The molecule has 5 nitrogen and oxygen atoms in total. The molecule has 0 unspecified atom stereocenters. The molecule has 0 atom stereocenters. The number of hydrogen-bond donors (Lipinski definition) is 1. The van der Waals surface area contributed by atoms with Crippen LogP contribution in [0.15, 0.2) is 35.4 Å². The fourth-order valence-electron chi connectivity index (χ4n) is 1.51. The standard InChI is InChI=1S/C11H10ClF2N3O2S/c12-8-2-1-3-9(11(8)14)20(18,19)16-10-4-6-17(15-10)7-5-13/h1-4,6H,5,7H2,(H,15,16). The van der Waals surface area contributed by atoms with Crippen molar-refractivity contribution in [2.45, 2.75) is 11.4 Å². The molecule has 20 heavy (non-hydrogen) atoms. The summed E-state index contributed by atoms with van der Waals surface area (Å²) in [5.74, 6) is -1.07. The van der Waals surface area contributed by atoms with E-state index in [0.29, 0.717) is 0 Å². The topological polar surface area (TPSA) is 64.0 Å². The van der Waals surface area contributed by atoms with Gasteiger partial charge in [-0.15, -0.1) is 0 Å². The van der Waals surface area contributed by atoms with Crippen molar-refractivity contribution in [1.29, 1.82) is 0 Å². The molecule has 0 bridgehead atoms. The SMILES string of the molecule is O=S(=O)(Nc1ccn(CCF)n1)c1cccc(Cl)c1F. The molecular formula is C11H10ClF2N3O2S. The Balaban J connectivity index is 2.28. The van der Waals surface area contributed by atoms with Gasteiger partial charge in [-0.3, -0.25) is 9.40 Å². The van der Waals surface area contributed by atoms with Crippen molar-refractivity contribution in [3.05, 3.63) is 41.3 Å². The van der Waals surface area contributed by atoms with Crippen molar-refractivity contribution in [3.8, 4) is 0 Å². The molecule has 1 heterocycles. The van der Waals surface area contributed by atoms with Crippen LogP contribution in [0.1, 0.15) is 0 Å². The summed E-state index contributed by atoms with van der Waals surface area (Å²) < 4.78 is 53.2. The molecule has 0 saturated carbocycles. The number of aryl methyl sites for hydroxylation is 1. The van der Waals surface area contributed by atoms with Crippen LogP contribution in [0.3, 0.4) is 0 Å². The first kappa shape index (κ1) is 14.7. The van der Waals surface area contributed by atoms with Crippen LogP contribution in [0.4, 0.5) is 14.6 Å². The Hall–Kier alpha value is -1.67. The first-order chi connectivity index (χ1) is 9.44. The van der Waals surface area contributed by atoms with Gasteiger partial charge < -0.3 is 0 Å². The van der Waals surface area contributed by atoms with Crippen molar-refractivity contribution in [2.75, 3.05) is 11.4 Å². The zero-order valence-electron chi connectivity index (χ0n) is 10.1. The maximum Gasteiger partial charge on any atom is 0.266 e. The van der Waals surface area contributed by atoms with Gasteiger partial charge in [0, 0.05) is 12.3 Å². The fraction of sp³-hybridized carbons (Fsp3) is 0.182. The number of benzene rings is 1. The molecule has 0 fully saturated rings. The van der Waals surface area contributed by atoms with Gasteiger partial charge in [0.15, 0.2) is 11.6 Å². The van der Waals surface area contributed by atoms with Crippen LogP contribution in [0.5, 0.6) is 0 Å². The molecule has 1 N–H and O–H groups in total.